The Labute approximate surface area is 146 Å². The highest BCUT2D eigenvalue weighted by molar-refractivity contribution is 7.99. The van der Waals surface area contributed by atoms with Crippen LogP contribution in [0.25, 0.3) is 0 Å². The Balaban J connectivity index is 1.77. The van der Waals surface area contributed by atoms with Crippen LogP contribution in [-0.4, -0.2) is 27.9 Å². The maximum atomic E-state index is 11.8. The van der Waals surface area contributed by atoms with Crippen LogP contribution in [-0.2, 0) is 11.4 Å². The molecule has 7 heteroatoms. The maximum Gasteiger partial charge on any atom is 0.277 e. The van der Waals surface area contributed by atoms with Gasteiger partial charge >= 0.3 is 0 Å². The first-order chi connectivity index (χ1) is 11.6. The summed E-state index contributed by atoms with van der Waals surface area (Å²) in [5, 5.41) is 11.2. The Morgan fingerprint density at radius 3 is 2.83 bits per heavy atom. The molecule has 1 aromatic carbocycles. The van der Waals surface area contributed by atoms with Gasteiger partial charge in [-0.25, -0.2) is 0 Å². The lowest BCUT2D eigenvalue weighted by molar-refractivity contribution is -0.119. The fourth-order valence-corrected chi connectivity index (χ4v) is 2.69. The minimum atomic E-state index is -0.0236. The Morgan fingerprint density at radius 2 is 2.12 bits per heavy atom. The number of carbonyl (C=O) groups excluding carboxylic acids is 1. The molecule has 2 aromatic rings. The van der Waals surface area contributed by atoms with Crippen LogP contribution in [0.4, 0.5) is 0 Å². The number of hydrogen-bond donors (Lipinski definition) is 1. The van der Waals surface area contributed by atoms with Gasteiger partial charge in [0, 0.05) is 6.04 Å². The number of ether oxygens (including phenoxy) is 1. The number of aromatic nitrogens is 2. The van der Waals surface area contributed by atoms with Crippen LogP contribution in [0.15, 0.2) is 33.9 Å². The van der Waals surface area contributed by atoms with E-state index in [2.05, 4.69) is 29.4 Å². The second kappa shape index (κ2) is 9.32. The van der Waals surface area contributed by atoms with Gasteiger partial charge in [-0.2, -0.15) is 0 Å². The van der Waals surface area contributed by atoms with E-state index in [1.165, 1.54) is 11.8 Å². The normalized spacial score (nSPS) is 10.8. The molecule has 0 aliphatic carbocycles. The molecule has 1 heterocycles. The van der Waals surface area contributed by atoms with Crippen molar-refractivity contribution in [2.24, 2.45) is 0 Å². The lowest BCUT2D eigenvalue weighted by atomic mass is 10.2. The zero-order chi connectivity index (χ0) is 17.4. The molecule has 0 spiro atoms. The lowest BCUT2D eigenvalue weighted by Crippen LogP contribution is -2.34. The van der Waals surface area contributed by atoms with Crippen LogP contribution in [0.2, 0.25) is 0 Å². The van der Waals surface area contributed by atoms with Crippen molar-refractivity contribution in [1.29, 1.82) is 0 Å². The van der Waals surface area contributed by atoms with Crippen molar-refractivity contribution in [3.05, 3.63) is 35.7 Å². The van der Waals surface area contributed by atoms with Crippen LogP contribution >= 0.6 is 11.8 Å². The smallest absolute Gasteiger partial charge is 0.277 e. The van der Waals surface area contributed by atoms with E-state index in [1.807, 2.05) is 31.2 Å². The van der Waals surface area contributed by atoms with E-state index in [1.54, 1.807) is 0 Å². The average Bonchev–Trinajstić information content (AvgIpc) is 3.04. The van der Waals surface area contributed by atoms with E-state index < -0.39 is 0 Å². The molecule has 0 bridgehead atoms. The Kier molecular flexibility index (Phi) is 7.11. The average molecular weight is 349 g/mol. The van der Waals surface area contributed by atoms with Crippen LogP contribution in [0, 0.1) is 6.92 Å². The van der Waals surface area contributed by atoms with Gasteiger partial charge in [-0.1, -0.05) is 37.7 Å². The zero-order valence-electron chi connectivity index (χ0n) is 14.2. The Hall–Kier alpha value is -2.02. The summed E-state index contributed by atoms with van der Waals surface area (Å²) in [6.45, 7) is 6.32. The number of amides is 1. The highest BCUT2D eigenvalue weighted by Crippen LogP contribution is 2.18. The van der Waals surface area contributed by atoms with Gasteiger partial charge in [0.2, 0.25) is 5.91 Å². The van der Waals surface area contributed by atoms with Crippen LogP contribution in [0.1, 0.15) is 38.1 Å². The highest BCUT2D eigenvalue weighted by atomic mass is 32.2. The van der Waals surface area contributed by atoms with Crippen LogP contribution < -0.4 is 10.1 Å². The topological polar surface area (TPSA) is 77.2 Å². The molecule has 0 atom stereocenters. The Bertz CT molecular complexity index is 656. The standard InChI is InChI=1S/C17H23N3O3S/c1-4-13(5-2)18-15(21)11-24-17-20-19-16(23-17)10-22-14-8-6-7-12(3)9-14/h6-9,13H,4-5,10-11H2,1-3H3,(H,18,21). The van der Waals surface area contributed by atoms with Crippen molar-refractivity contribution in [3.63, 3.8) is 0 Å². The molecule has 24 heavy (non-hydrogen) atoms. The number of rotatable bonds is 9. The quantitative estimate of drug-likeness (QED) is 0.700. The minimum Gasteiger partial charge on any atom is -0.484 e. The number of thioether (sulfide) groups is 1. The van der Waals surface area contributed by atoms with E-state index in [9.17, 15) is 4.79 Å². The molecule has 130 valence electrons. The minimum absolute atomic E-state index is 0.0236. The van der Waals surface area contributed by atoms with Crippen molar-refractivity contribution in [1.82, 2.24) is 15.5 Å². The number of nitrogens with one attached hydrogen (secondary N) is 1. The molecule has 1 amide bonds. The fraction of sp³-hybridized carbons (Fsp3) is 0.471. The highest BCUT2D eigenvalue weighted by Gasteiger charge is 2.12. The number of aryl methyl sites for hydroxylation is 1. The van der Waals surface area contributed by atoms with Gasteiger partial charge in [0.15, 0.2) is 6.61 Å². The summed E-state index contributed by atoms with van der Waals surface area (Å²) >= 11 is 1.23. The number of carbonyl (C=O) groups is 1. The van der Waals surface area contributed by atoms with Crippen molar-refractivity contribution in [2.45, 2.75) is 51.5 Å². The summed E-state index contributed by atoms with van der Waals surface area (Å²) in [6, 6.07) is 7.97. The van der Waals surface area contributed by atoms with Crippen LogP contribution in [0.3, 0.4) is 0 Å². The SMILES string of the molecule is CCC(CC)NC(=O)CSc1nnc(COc2cccc(C)c2)o1. The molecular weight excluding hydrogens is 326 g/mol. The van der Waals surface area contributed by atoms with Crippen molar-refractivity contribution < 1.29 is 13.9 Å². The lowest BCUT2D eigenvalue weighted by Gasteiger charge is -2.13. The predicted octanol–water partition coefficient (Wildman–Crippen LogP) is 3.35. The van der Waals surface area contributed by atoms with Gasteiger partial charge in [-0.3, -0.25) is 4.79 Å². The predicted molar refractivity (Wildman–Crippen MR) is 93.0 cm³/mol. The van der Waals surface area contributed by atoms with Gasteiger partial charge in [0.1, 0.15) is 5.75 Å². The summed E-state index contributed by atoms with van der Waals surface area (Å²) in [4.78, 5) is 11.8. The molecule has 0 aliphatic rings. The number of nitrogens with zero attached hydrogens (tertiary/aromatic N) is 2. The molecule has 6 nitrogen and oxygen atoms in total. The van der Waals surface area contributed by atoms with Crippen LogP contribution in [0.5, 0.6) is 5.75 Å². The van der Waals surface area contributed by atoms with E-state index in [0.717, 1.165) is 24.2 Å². The van der Waals surface area contributed by atoms with E-state index in [4.69, 9.17) is 9.15 Å². The first-order valence-corrected chi connectivity index (χ1v) is 9.03. The molecule has 0 fully saturated rings. The van der Waals surface area contributed by atoms with Gasteiger partial charge in [-0.05, 0) is 37.5 Å². The van der Waals surface area contributed by atoms with Gasteiger partial charge < -0.3 is 14.5 Å². The third kappa shape index (κ3) is 5.88. The maximum absolute atomic E-state index is 11.8. The fourth-order valence-electron chi connectivity index (χ4n) is 2.09. The van der Waals surface area contributed by atoms with E-state index in [-0.39, 0.29) is 24.3 Å². The van der Waals surface area contributed by atoms with Crippen molar-refractivity contribution >= 4 is 17.7 Å². The molecule has 1 N–H and O–H groups in total. The molecule has 0 saturated carbocycles. The van der Waals surface area contributed by atoms with Gasteiger partial charge in [0.05, 0.1) is 5.75 Å². The summed E-state index contributed by atoms with van der Waals surface area (Å²) in [7, 11) is 0. The van der Waals surface area contributed by atoms with Crippen molar-refractivity contribution in [2.75, 3.05) is 5.75 Å². The first kappa shape index (κ1) is 18.3. The summed E-state index contributed by atoms with van der Waals surface area (Å²) in [5.41, 5.74) is 1.12. The molecule has 0 saturated heterocycles. The van der Waals surface area contributed by atoms with Gasteiger partial charge in [0.25, 0.3) is 11.1 Å². The van der Waals surface area contributed by atoms with E-state index >= 15 is 0 Å². The molecule has 0 aliphatic heterocycles. The third-order valence-corrected chi connectivity index (χ3v) is 4.30. The van der Waals surface area contributed by atoms with E-state index in [0.29, 0.717) is 11.1 Å². The third-order valence-electron chi connectivity index (χ3n) is 3.48. The summed E-state index contributed by atoms with van der Waals surface area (Å²) < 4.78 is 11.1. The monoisotopic (exact) mass is 349 g/mol. The number of benzene rings is 1. The first-order valence-electron chi connectivity index (χ1n) is 8.04. The molecular formula is C17H23N3O3S. The summed E-state index contributed by atoms with van der Waals surface area (Å²) in [5.74, 6) is 1.38. The molecule has 2 rings (SSSR count). The van der Waals surface area contributed by atoms with Crippen molar-refractivity contribution in [3.8, 4) is 5.75 Å². The molecule has 1 aromatic heterocycles. The Morgan fingerprint density at radius 1 is 1.33 bits per heavy atom. The number of hydrogen-bond acceptors (Lipinski definition) is 6. The zero-order valence-corrected chi connectivity index (χ0v) is 15.1. The largest absolute Gasteiger partial charge is 0.484 e. The second-order valence-corrected chi connectivity index (χ2v) is 6.36. The second-order valence-electron chi connectivity index (χ2n) is 5.44. The molecule has 0 unspecified atom stereocenters. The van der Waals surface area contributed by atoms with Gasteiger partial charge in [-0.15, -0.1) is 10.2 Å². The molecule has 0 radical (unpaired) electrons. The summed E-state index contributed by atoms with van der Waals surface area (Å²) in [6.07, 6.45) is 1.85.